The van der Waals surface area contributed by atoms with Crippen LogP contribution in [0.25, 0.3) is 22.0 Å². The zero-order valence-electron chi connectivity index (χ0n) is 15.9. The molecule has 0 bridgehead atoms. The van der Waals surface area contributed by atoms with E-state index in [1.807, 2.05) is 6.07 Å². The number of rotatable bonds is 9. The van der Waals surface area contributed by atoms with Crippen molar-refractivity contribution in [2.75, 3.05) is 5.32 Å². The van der Waals surface area contributed by atoms with Crippen LogP contribution in [0.5, 0.6) is 0 Å². The number of nitrogens with zero attached hydrogens (tertiary/aromatic N) is 1. The zero-order chi connectivity index (χ0) is 20.6. The SMILES string of the molecule is O=C(CCCCCCC(=O)Nc1n[nH]c2cc(-c3ccccc3F)ccc12)NO. The Bertz CT molecular complexity index is 1000. The van der Waals surface area contributed by atoms with E-state index in [-0.39, 0.29) is 18.1 Å². The van der Waals surface area contributed by atoms with E-state index >= 15 is 0 Å². The Labute approximate surface area is 167 Å². The van der Waals surface area contributed by atoms with Gasteiger partial charge in [0.2, 0.25) is 11.8 Å². The first kappa shape index (κ1) is 20.5. The van der Waals surface area contributed by atoms with E-state index in [2.05, 4.69) is 15.5 Å². The first-order valence-electron chi connectivity index (χ1n) is 9.54. The fraction of sp³-hybridized carbons (Fsp3) is 0.286. The second-order valence-corrected chi connectivity index (χ2v) is 6.81. The predicted octanol–water partition coefficient (Wildman–Crippen LogP) is 4.15. The molecular formula is C21H23FN4O3. The standard InChI is InChI=1S/C21H23FN4O3/c22-17-8-6-5-7-15(17)14-11-12-16-18(13-14)24-25-21(16)23-19(27)9-3-1-2-4-10-20(28)26-29/h5-8,11-13,29H,1-4,9-10H2,(H,26,28)(H2,23,24,25,27). The third kappa shape index (κ3) is 5.39. The number of aromatic amines is 1. The van der Waals surface area contributed by atoms with E-state index in [1.54, 1.807) is 35.8 Å². The maximum Gasteiger partial charge on any atom is 0.243 e. The summed E-state index contributed by atoms with van der Waals surface area (Å²) in [6, 6.07) is 12.0. The van der Waals surface area contributed by atoms with Gasteiger partial charge in [0.25, 0.3) is 0 Å². The van der Waals surface area contributed by atoms with Gasteiger partial charge in [-0.25, -0.2) is 9.87 Å². The summed E-state index contributed by atoms with van der Waals surface area (Å²) in [6.07, 6.45) is 3.63. The average Bonchev–Trinajstić information content (AvgIpc) is 3.12. The van der Waals surface area contributed by atoms with E-state index in [0.717, 1.165) is 23.8 Å². The number of fused-ring (bicyclic) bond motifs is 1. The normalized spacial score (nSPS) is 10.8. The fourth-order valence-electron chi connectivity index (χ4n) is 3.15. The fourth-order valence-corrected chi connectivity index (χ4v) is 3.15. The van der Waals surface area contributed by atoms with Gasteiger partial charge in [0.1, 0.15) is 5.82 Å². The van der Waals surface area contributed by atoms with Gasteiger partial charge in [-0.3, -0.25) is 19.9 Å². The van der Waals surface area contributed by atoms with Gasteiger partial charge in [0.05, 0.1) is 5.52 Å². The van der Waals surface area contributed by atoms with Crippen LogP contribution < -0.4 is 10.8 Å². The highest BCUT2D eigenvalue weighted by atomic mass is 19.1. The van der Waals surface area contributed by atoms with E-state index in [9.17, 15) is 14.0 Å². The van der Waals surface area contributed by atoms with Gasteiger partial charge in [-0.05, 0) is 36.6 Å². The Morgan fingerprint density at radius 1 is 1.00 bits per heavy atom. The molecule has 3 rings (SSSR count). The van der Waals surface area contributed by atoms with Crippen molar-refractivity contribution in [3.8, 4) is 11.1 Å². The molecule has 1 heterocycles. The van der Waals surface area contributed by atoms with Gasteiger partial charge < -0.3 is 5.32 Å². The molecule has 0 aliphatic rings. The first-order valence-corrected chi connectivity index (χ1v) is 9.54. The molecule has 1 aromatic heterocycles. The lowest BCUT2D eigenvalue weighted by Gasteiger charge is -2.05. The van der Waals surface area contributed by atoms with Crippen molar-refractivity contribution in [1.29, 1.82) is 0 Å². The number of benzene rings is 2. The van der Waals surface area contributed by atoms with Crippen LogP contribution >= 0.6 is 0 Å². The molecule has 152 valence electrons. The van der Waals surface area contributed by atoms with Crippen LogP contribution in [0.15, 0.2) is 42.5 Å². The summed E-state index contributed by atoms with van der Waals surface area (Å²) in [5.74, 6) is -0.377. The molecule has 29 heavy (non-hydrogen) atoms. The molecule has 2 amide bonds. The molecule has 3 aromatic rings. The number of hydrogen-bond acceptors (Lipinski definition) is 4. The van der Waals surface area contributed by atoms with Crippen LogP contribution in [0.3, 0.4) is 0 Å². The summed E-state index contributed by atoms with van der Waals surface area (Å²) in [6.45, 7) is 0. The van der Waals surface area contributed by atoms with Gasteiger partial charge in [0.15, 0.2) is 5.82 Å². The summed E-state index contributed by atoms with van der Waals surface area (Å²) in [7, 11) is 0. The Hall–Kier alpha value is -3.26. The van der Waals surface area contributed by atoms with Crippen LogP contribution in [0.4, 0.5) is 10.2 Å². The van der Waals surface area contributed by atoms with Crippen molar-refractivity contribution in [2.45, 2.75) is 38.5 Å². The Morgan fingerprint density at radius 2 is 1.72 bits per heavy atom. The Kier molecular flexibility index (Phi) is 6.91. The molecule has 4 N–H and O–H groups in total. The van der Waals surface area contributed by atoms with Crippen molar-refractivity contribution in [2.24, 2.45) is 0 Å². The minimum Gasteiger partial charge on any atom is -0.309 e. The average molecular weight is 398 g/mol. The predicted molar refractivity (Wildman–Crippen MR) is 108 cm³/mol. The number of aromatic nitrogens is 2. The highest BCUT2D eigenvalue weighted by Crippen LogP contribution is 2.28. The van der Waals surface area contributed by atoms with Gasteiger partial charge in [-0.1, -0.05) is 37.1 Å². The number of halogens is 1. The Morgan fingerprint density at radius 3 is 2.45 bits per heavy atom. The van der Waals surface area contributed by atoms with Gasteiger partial charge >= 0.3 is 0 Å². The number of unbranched alkanes of at least 4 members (excludes halogenated alkanes) is 3. The largest absolute Gasteiger partial charge is 0.309 e. The van der Waals surface area contributed by atoms with Crippen LogP contribution in [-0.4, -0.2) is 27.2 Å². The van der Waals surface area contributed by atoms with Crippen molar-refractivity contribution < 1.29 is 19.2 Å². The highest BCUT2D eigenvalue weighted by Gasteiger charge is 2.11. The monoisotopic (exact) mass is 398 g/mol. The molecule has 8 heteroatoms. The smallest absolute Gasteiger partial charge is 0.243 e. The number of nitrogens with one attached hydrogen (secondary N) is 3. The summed E-state index contributed by atoms with van der Waals surface area (Å²) in [5.41, 5.74) is 3.54. The zero-order valence-corrected chi connectivity index (χ0v) is 15.9. The van der Waals surface area contributed by atoms with E-state index < -0.39 is 5.91 Å². The van der Waals surface area contributed by atoms with Crippen molar-refractivity contribution in [3.63, 3.8) is 0 Å². The summed E-state index contributed by atoms with van der Waals surface area (Å²) >= 11 is 0. The number of hydrogen-bond donors (Lipinski definition) is 4. The molecule has 0 fully saturated rings. The molecule has 0 aliphatic heterocycles. The topological polar surface area (TPSA) is 107 Å². The lowest BCUT2D eigenvalue weighted by atomic mass is 10.0. The molecule has 2 aromatic carbocycles. The Balaban J connectivity index is 1.54. The number of H-pyrrole nitrogens is 1. The number of carbonyl (C=O) groups is 2. The minimum absolute atomic E-state index is 0.135. The molecule has 0 saturated heterocycles. The van der Waals surface area contributed by atoms with E-state index in [4.69, 9.17) is 5.21 Å². The summed E-state index contributed by atoms with van der Waals surface area (Å²) in [4.78, 5) is 23.1. The third-order valence-electron chi connectivity index (χ3n) is 4.69. The van der Waals surface area contributed by atoms with Crippen LogP contribution in [0, 0.1) is 5.82 Å². The second-order valence-electron chi connectivity index (χ2n) is 6.81. The number of hydroxylamine groups is 1. The van der Waals surface area contributed by atoms with Crippen molar-refractivity contribution in [3.05, 3.63) is 48.3 Å². The summed E-state index contributed by atoms with van der Waals surface area (Å²) < 4.78 is 14.0. The molecular weight excluding hydrogens is 375 g/mol. The number of anilines is 1. The van der Waals surface area contributed by atoms with Crippen molar-refractivity contribution >= 4 is 28.5 Å². The molecule has 0 unspecified atom stereocenters. The molecule has 0 saturated carbocycles. The lowest BCUT2D eigenvalue weighted by molar-refractivity contribution is -0.129. The van der Waals surface area contributed by atoms with Crippen LogP contribution in [-0.2, 0) is 9.59 Å². The lowest BCUT2D eigenvalue weighted by Crippen LogP contribution is -2.17. The number of amides is 2. The molecule has 0 atom stereocenters. The van der Waals surface area contributed by atoms with Crippen LogP contribution in [0.2, 0.25) is 0 Å². The van der Waals surface area contributed by atoms with Crippen molar-refractivity contribution in [1.82, 2.24) is 15.7 Å². The molecule has 0 spiro atoms. The molecule has 0 aliphatic carbocycles. The first-order chi connectivity index (χ1) is 14.1. The molecule has 7 nitrogen and oxygen atoms in total. The van der Waals surface area contributed by atoms with E-state index in [0.29, 0.717) is 36.2 Å². The second kappa shape index (κ2) is 9.79. The maximum absolute atomic E-state index is 14.0. The van der Waals surface area contributed by atoms with Crippen LogP contribution in [0.1, 0.15) is 38.5 Å². The quantitative estimate of drug-likeness (QED) is 0.247. The van der Waals surface area contributed by atoms with E-state index in [1.165, 1.54) is 6.07 Å². The molecule has 0 radical (unpaired) electrons. The van der Waals surface area contributed by atoms with Gasteiger partial charge in [0, 0.05) is 23.8 Å². The minimum atomic E-state index is -0.397. The van der Waals surface area contributed by atoms with Gasteiger partial charge in [-0.15, -0.1) is 0 Å². The summed E-state index contributed by atoms with van der Waals surface area (Å²) in [5, 5.41) is 19.0. The third-order valence-corrected chi connectivity index (χ3v) is 4.69. The van der Waals surface area contributed by atoms with Gasteiger partial charge in [-0.2, -0.15) is 5.10 Å². The number of carbonyl (C=O) groups excluding carboxylic acids is 2. The highest BCUT2D eigenvalue weighted by molar-refractivity contribution is 6.00. The maximum atomic E-state index is 14.0.